The summed E-state index contributed by atoms with van der Waals surface area (Å²) in [4.78, 5) is 24.6. The van der Waals surface area contributed by atoms with E-state index in [1.807, 2.05) is 0 Å². The summed E-state index contributed by atoms with van der Waals surface area (Å²) >= 11 is 0. The van der Waals surface area contributed by atoms with Gasteiger partial charge in [0.25, 0.3) is 0 Å². The van der Waals surface area contributed by atoms with E-state index in [1.165, 1.54) is 18.4 Å². The summed E-state index contributed by atoms with van der Waals surface area (Å²) in [5.41, 5.74) is 0.372. The molecule has 23 heavy (non-hydrogen) atoms. The van der Waals surface area contributed by atoms with Gasteiger partial charge in [-0.1, -0.05) is 11.6 Å². The predicted octanol–water partition coefficient (Wildman–Crippen LogP) is 2.31. The van der Waals surface area contributed by atoms with Crippen LogP contribution in [0.1, 0.15) is 58.8 Å². The third-order valence-corrected chi connectivity index (χ3v) is 4.77. The van der Waals surface area contributed by atoms with E-state index in [0.717, 1.165) is 38.7 Å². The number of carbonyl (C=O) groups excluding carboxylic acids is 2. The Labute approximate surface area is 139 Å². The molecule has 1 saturated heterocycles. The summed E-state index contributed by atoms with van der Waals surface area (Å²) in [5, 5.41) is 5.76. The number of hydrogen-bond acceptors (Lipinski definition) is 3. The molecule has 1 unspecified atom stereocenters. The largest absolute Gasteiger partial charge is 0.376 e. The highest BCUT2D eigenvalue weighted by molar-refractivity contribution is 6.04. The molecule has 1 aliphatic carbocycles. The molecule has 2 rings (SSSR count). The van der Waals surface area contributed by atoms with E-state index in [4.69, 9.17) is 4.74 Å². The Morgan fingerprint density at radius 3 is 2.65 bits per heavy atom. The Kier molecular flexibility index (Phi) is 6.63. The van der Waals surface area contributed by atoms with Crippen molar-refractivity contribution in [2.24, 2.45) is 5.41 Å². The molecule has 5 nitrogen and oxygen atoms in total. The number of carbonyl (C=O) groups is 2. The smallest absolute Gasteiger partial charge is 0.235 e. The van der Waals surface area contributed by atoms with Crippen molar-refractivity contribution in [3.8, 4) is 0 Å². The number of hydrogen-bond donors (Lipinski definition) is 2. The summed E-state index contributed by atoms with van der Waals surface area (Å²) in [6, 6.07) is 0. The fourth-order valence-electron chi connectivity index (χ4n) is 3.03. The summed E-state index contributed by atoms with van der Waals surface area (Å²) < 4.78 is 5.49. The van der Waals surface area contributed by atoms with Crippen molar-refractivity contribution in [3.63, 3.8) is 0 Å². The van der Waals surface area contributed by atoms with Crippen molar-refractivity contribution >= 4 is 11.8 Å². The molecule has 0 aromatic rings. The van der Waals surface area contributed by atoms with Gasteiger partial charge in [0, 0.05) is 19.7 Å². The van der Waals surface area contributed by atoms with E-state index < -0.39 is 5.41 Å². The molecule has 5 heteroatoms. The molecule has 1 fully saturated rings. The molecule has 0 radical (unpaired) electrons. The molecule has 2 aliphatic rings. The number of nitrogens with one attached hydrogen (secondary N) is 2. The lowest BCUT2D eigenvalue weighted by Crippen LogP contribution is -2.49. The summed E-state index contributed by atoms with van der Waals surface area (Å²) in [7, 11) is 0. The monoisotopic (exact) mass is 322 g/mol. The Hall–Kier alpha value is -1.36. The van der Waals surface area contributed by atoms with Crippen molar-refractivity contribution in [1.29, 1.82) is 0 Å². The van der Waals surface area contributed by atoms with Crippen molar-refractivity contribution in [2.75, 3.05) is 19.7 Å². The highest BCUT2D eigenvalue weighted by Gasteiger charge is 2.36. The quantitative estimate of drug-likeness (QED) is 0.558. The molecule has 2 N–H and O–H groups in total. The SMILES string of the molecule is CC(C)(C(=O)NCCC1=CCCCC1)C(=O)NCC1CCCO1. The molecule has 130 valence electrons. The fourth-order valence-corrected chi connectivity index (χ4v) is 3.03. The van der Waals surface area contributed by atoms with E-state index in [-0.39, 0.29) is 17.9 Å². The van der Waals surface area contributed by atoms with Crippen LogP contribution in [0, 0.1) is 5.41 Å². The summed E-state index contributed by atoms with van der Waals surface area (Å²) in [6.07, 6.45) is 10.1. The van der Waals surface area contributed by atoms with Gasteiger partial charge in [-0.05, 0) is 58.8 Å². The van der Waals surface area contributed by atoms with Gasteiger partial charge in [0.05, 0.1) is 6.10 Å². The first-order valence-corrected chi connectivity index (χ1v) is 8.86. The molecule has 0 aromatic heterocycles. The standard InChI is InChI=1S/C18H30N2O3/c1-18(2,17(22)20-13-15-9-6-12-23-15)16(21)19-11-10-14-7-4-3-5-8-14/h7,15H,3-6,8-13H2,1-2H3,(H,19,21)(H,20,22). The second kappa shape index (κ2) is 8.48. The molecule has 0 spiro atoms. The second-order valence-corrected chi connectivity index (χ2v) is 7.08. The van der Waals surface area contributed by atoms with E-state index in [1.54, 1.807) is 13.8 Å². The van der Waals surface area contributed by atoms with Gasteiger partial charge in [-0.15, -0.1) is 0 Å². The van der Waals surface area contributed by atoms with Gasteiger partial charge in [-0.25, -0.2) is 0 Å². The maximum absolute atomic E-state index is 12.3. The van der Waals surface area contributed by atoms with Crippen LogP contribution in [-0.4, -0.2) is 37.6 Å². The van der Waals surface area contributed by atoms with Crippen LogP contribution in [0.3, 0.4) is 0 Å². The highest BCUT2D eigenvalue weighted by Crippen LogP contribution is 2.20. The zero-order valence-electron chi connectivity index (χ0n) is 14.5. The Morgan fingerprint density at radius 1 is 1.22 bits per heavy atom. The average Bonchev–Trinajstić information content (AvgIpc) is 3.06. The van der Waals surface area contributed by atoms with E-state index >= 15 is 0 Å². The molecule has 1 aliphatic heterocycles. The van der Waals surface area contributed by atoms with Crippen molar-refractivity contribution < 1.29 is 14.3 Å². The van der Waals surface area contributed by atoms with Crippen LogP contribution in [0.25, 0.3) is 0 Å². The van der Waals surface area contributed by atoms with Crippen molar-refractivity contribution in [1.82, 2.24) is 10.6 Å². The molecule has 1 heterocycles. The van der Waals surface area contributed by atoms with Crippen LogP contribution in [-0.2, 0) is 14.3 Å². The summed E-state index contributed by atoms with van der Waals surface area (Å²) in [6.45, 7) is 5.20. The first-order chi connectivity index (χ1) is 11.0. The zero-order chi connectivity index (χ0) is 16.7. The Bertz CT molecular complexity index is 451. The zero-order valence-corrected chi connectivity index (χ0v) is 14.5. The van der Waals surface area contributed by atoms with Gasteiger partial charge in [-0.2, -0.15) is 0 Å². The predicted molar refractivity (Wildman–Crippen MR) is 89.9 cm³/mol. The first kappa shape index (κ1) is 18.0. The maximum atomic E-state index is 12.3. The third kappa shape index (κ3) is 5.34. The van der Waals surface area contributed by atoms with Gasteiger partial charge in [0.1, 0.15) is 5.41 Å². The molecule has 0 aromatic carbocycles. The molecule has 0 bridgehead atoms. The van der Waals surface area contributed by atoms with Gasteiger partial charge in [0.2, 0.25) is 11.8 Å². The number of amides is 2. The average molecular weight is 322 g/mol. The minimum Gasteiger partial charge on any atom is -0.376 e. The van der Waals surface area contributed by atoms with E-state index in [0.29, 0.717) is 13.1 Å². The maximum Gasteiger partial charge on any atom is 0.235 e. The molecular formula is C18H30N2O3. The molecule has 0 saturated carbocycles. The minimum absolute atomic E-state index is 0.0936. The normalized spacial score (nSPS) is 21.7. The number of ether oxygens (including phenoxy) is 1. The van der Waals surface area contributed by atoms with Crippen LogP contribution in [0.15, 0.2) is 11.6 Å². The van der Waals surface area contributed by atoms with E-state index in [9.17, 15) is 9.59 Å². The van der Waals surface area contributed by atoms with Crippen LogP contribution in [0.5, 0.6) is 0 Å². The first-order valence-electron chi connectivity index (χ1n) is 8.86. The topological polar surface area (TPSA) is 67.4 Å². The van der Waals surface area contributed by atoms with Crippen LogP contribution >= 0.6 is 0 Å². The van der Waals surface area contributed by atoms with Gasteiger partial charge < -0.3 is 15.4 Å². The lowest BCUT2D eigenvalue weighted by atomic mass is 9.90. The Morgan fingerprint density at radius 2 is 2.00 bits per heavy atom. The van der Waals surface area contributed by atoms with Crippen LogP contribution in [0.4, 0.5) is 0 Å². The van der Waals surface area contributed by atoms with Gasteiger partial charge >= 0.3 is 0 Å². The van der Waals surface area contributed by atoms with Crippen LogP contribution < -0.4 is 10.6 Å². The third-order valence-electron chi connectivity index (χ3n) is 4.77. The highest BCUT2D eigenvalue weighted by atomic mass is 16.5. The number of allylic oxidation sites excluding steroid dienone is 1. The lowest BCUT2D eigenvalue weighted by molar-refractivity contribution is -0.141. The van der Waals surface area contributed by atoms with E-state index in [2.05, 4.69) is 16.7 Å². The molecular weight excluding hydrogens is 292 g/mol. The van der Waals surface area contributed by atoms with Crippen molar-refractivity contribution in [2.45, 2.75) is 64.9 Å². The summed E-state index contributed by atoms with van der Waals surface area (Å²) in [5.74, 6) is -0.443. The Balaban J connectivity index is 1.71. The number of rotatable bonds is 7. The molecule has 1 atom stereocenters. The molecule has 2 amide bonds. The fraction of sp³-hybridized carbons (Fsp3) is 0.778. The lowest BCUT2D eigenvalue weighted by Gasteiger charge is -2.24. The van der Waals surface area contributed by atoms with Gasteiger partial charge in [-0.3, -0.25) is 9.59 Å². The van der Waals surface area contributed by atoms with Gasteiger partial charge in [0.15, 0.2) is 0 Å². The second-order valence-electron chi connectivity index (χ2n) is 7.08. The minimum atomic E-state index is -1.06. The van der Waals surface area contributed by atoms with Crippen LogP contribution in [0.2, 0.25) is 0 Å². The van der Waals surface area contributed by atoms with Crippen molar-refractivity contribution in [3.05, 3.63) is 11.6 Å².